The Kier molecular flexibility index (Phi) is 4.85. The number of rotatable bonds is 5. The van der Waals surface area contributed by atoms with Crippen molar-refractivity contribution < 1.29 is 14.6 Å². The molecule has 4 atom stereocenters. The molecule has 6 heteroatoms. The number of esters is 1. The highest BCUT2D eigenvalue weighted by Gasteiger charge is 2.55. The summed E-state index contributed by atoms with van der Waals surface area (Å²) < 4.78 is 6.82. The molecule has 27 heavy (non-hydrogen) atoms. The summed E-state index contributed by atoms with van der Waals surface area (Å²) in [6, 6.07) is 15.1. The van der Waals surface area contributed by atoms with Crippen LogP contribution in [-0.4, -0.2) is 46.8 Å². The second kappa shape index (κ2) is 7.29. The number of nitrogens with zero attached hydrogens (tertiary/aromatic N) is 2. The van der Waals surface area contributed by atoms with Crippen molar-refractivity contribution in [3.63, 3.8) is 0 Å². The molecule has 1 fully saturated rings. The van der Waals surface area contributed by atoms with Crippen LogP contribution in [-0.2, 0) is 22.5 Å². The molecule has 6 nitrogen and oxygen atoms in total. The van der Waals surface area contributed by atoms with Crippen molar-refractivity contribution in [3.8, 4) is 0 Å². The number of benzene rings is 1. The number of aromatic nitrogens is 1. The van der Waals surface area contributed by atoms with Gasteiger partial charge in [-0.1, -0.05) is 36.4 Å². The van der Waals surface area contributed by atoms with Crippen LogP contribution >= 0.6 is 0 Å². The first kappa shape index (κ1) is 17.9. The van der Waals surface area contributed by atoms with Crippen LogP contribution in [0.15, 0.2) is 53.3 Å². The monoisotopic (exact) mass is 368 g/mol. The average molecular weight is 368 g/mol. The molecule has 0 amide bonds. The van der Waals surface area contributed by atoms with Gasteiger partial charge in [0.15, 0.2) is 0 Å². The lowest BCUT2D eigenvalue weighted by molar-refractivity contribution is -0.148. The highest BCUT2D eigenvalue weighted by molar-refractivity contribution is 5.74. The number of ether oxygens (including phenoxy) is 1. The van der Waals surface area contributed by atoms with E-state index < -0.39 is 5.92 Å². The molecule has 0 aliphatic carbocycles. The van der Waals surface area contributed by atoms with Gasteiger partial charge >= 0.3 is 5.97 Å². The van der Waals surface area contributed by atoms with E-state index >= 15 is 0 Å². The maximum absolute atomic E-state index is 12.6. The van der Waals surface area contributed by atoms with E-state index in [0.717, 1.165) is 18.7 Å². The second-order valence-corrected chi connectivity index (χ2v) is 7.28. The molecule has 0 saturated carbocycles. The minimum atomic E-state index is -0.476. The molecule has 0 unspecified atom stereocenters. The van der Waals surface area contributed by atoms with E-state index in [-0.39, 0.29) is 36.1 Å². The molecule has 2 aliphatic heterocycles. The summed E-state index contributed by atoms with van der Waals surface area (Å²) in [6.45, 7) is 1.14. The topological polar surface area (TPSA) is 71.8 Å². The molecule has 0 spiro atoms. The summed E-state index contributed by atoms with van der Waals surface area (Å²) in [7, 11) is 1.38. The average Bonchev–Trinajstić information content (AvgIpc) is 2.92. The van der Waals surface area contributed by atoms with Crippen molar-refractivity contribution in [1.82, 2.24) is 9.47 Å². The Hall–Kier alpha value is -2.44. The van der Waals surface area contributed by atoms with Crippen molar-refractivity contribution in [2.75, 3.05) is 20.3 Å². The normalized spacial score (nSPS) is 26.6. The summed E-state index contributed by atoms with van der Waals surface area (Å²) in [6.07, 6.45) is 0.844. The van der Waals surface area contributed by atoms with E-state index in [0.29, 0.717) is 6.54 Å². The third-order valence-corrected chi connectivity index (χ3v) is 6.02. The number of aliphatic hydroxyl groups excluding tert-OH is 1. The standard InChI is InChI=1S/C21H24N2O4/c1-27-21(26)19-15(13-24)17-12-23-16(8-5-9-18(23)25)20(19)22(17)11-10-14-6-3-2-4-7-14/h2-9,15,17,19-20,24H,10-13H2,1H3/t15-,17-,19+,20+/m1/s1. The molecule has 1 aromatic carbocycles. The second-order valence-electron chi connectivity index (χ2n) is 7.28. The van der Waals surface area contributed by atoms with E-state index in [9.17, 15) is 14.7 Å². The maximum Gasteiger partial charge on any atom is 0.311 e. The van der Waals surface area contributed by atoms with Crippen molar-refractivity contribution >= 4 is 5.97 Å². The lowest BCUT2D eigenvalue weighted by Crippen LogP contribution is -2.47. The van der Waals surface area contributed by atoms with Crippen LogP contribution in [0.2, 0.25) is 0 Å². The summed E-state index contributed by atoms with van der Waals surface area (Å²) in [5, 5.41) is 10.1. The third kappa shape index (κ3) is 2.99. The van der Waals surface area contributed by atoms with Gasteiger partial charge in [0.25, 0.3) is 5.56 Å². The third-order valence-electron chi connectivity index (χ3n) is 6.02. The van der Waals surface area contributed by atoms with Crippen LogP contribution in [0.4, 0.5) is 0 Å². The number of fused-ring (bicyclic) bond motifs is 4. The van der Waals surface area contributed by atoms with E-state index in [1.165, 1.54) is 12.7 Å². The molecule has 2 aromatic rings. The van der Waals surface area contributed by atoms with Crippen LogP contribution in [0.25, 0.3) is 0 Å². The molecule has 1 aromatic heterocycles. The van der Waals surface area contributed by atoms with E-state index in [1.54, 1.807) is 16.7 Å². The van der Waals surface area contributed by atoms with Crippen molar-refractivity contribution in [2.45, 2.75) is 25.0 Å². The molecule has 3 heterocycles. The van der Waals surface area contributed by atoms with Gasteiger partial charge in [-0.3, -0.25) is 14.5 Å². The fraction of sp³-hybridized carbons (Fsp3) is 0.429. The van der Waals surface area contributed by atoms with Crippen LogP contribution in [0.5, 0.6) is 0 Å². The zero-order valence-electron chi connectivity index (χ0n) is 15.3. The first-order valence-corrected chi connectivity index (χ1v) is 9.34. The number of carbonyl (C=O) groups excluding carboxylic acids is 1. The Labute approximate surface area is 158 Å². The van der Waals surface area contributed by atoms with E-state index in [4.69, 9.17) is 4.74 Å². The molecule has 2 bridgehead atoms. The molecule has 0 radical (unpaired) electrons. The van der Waals surface area contributed by atoms with Gasteiger partial charge in [0, 0.05) is 43.4 Å². The predicted octanol–water partition coefficient (Wildman–Crippen LogP) is 1.23. The zero-order valence-corrected chi connectivity index (χ0v) is 15.3. The van der Waals surface area contributed by atoms with Gasteiger partial charge in [0.05, 0.1) is 19.1 Å². The molecular formula is C21H24N2O4. The smallest absolute Gasteiger partial charge is 0.311 e. The molecule has 2 aliphatic rings. The van der Waals surface area contributed by atoms with Gasteiger partial charge in [0.1, 0.15) is 0 Å². The van der Waals surface area contributed by atoms with Gasteiger partial charge in [0.2, 0.25) is 0 Å². The Bertz CT molecular complexity index is 879. The van der Waals surface area contributed by atoms with Crippen molar-refractivity contribution in [1.29, 1.82) is 0 Å². The molecule has 142 valence electrons. The maximum atomic E-state index is 12.6. The van der Waals surface area contributed by atoms with Gasteiger partial charge in [-0.25, -0.2) is 0 Å². The van der Waals surface area contributed by atoms with Crippen molar-refractivity contribution in [2.24, 2.45) is 11.8 Å². The fourth-order valence-corrected chi connectivity index (χ4v) is 4.79. The Balaban J connectivity index is 1.73. The SMILES string of the molecule is COC(=O)[C@H]1[C@H](CO)[C@H]2Cn3c(cccc3=O)[C@@H]1N2CCc1ccccc1. The molecule has 4 rings (SSSR count). The minimum absolute atomic E-state index is 0.0626. The number of pyridine rings is 1. The first-order chi connectivity index (χ1) is 13.2. The van der Waals surface area contributed by atoms with Crippen LogP contribution in [0.3, 0.4) is 0 Å². The highest BCUT2D eigenvalue weighted by atomic mass is 16.5. The van der Waals surface area contributed by atoms with Crippen LogP contribution in [0, 0.1) is 11.8 Å². The Morgan fingerprint density at radius 3 is 2.67 bits per heavy atom. The largest absolute Gasteiger partial charge is 0.469 e. The summed E-state index contributed by atoms with van der Waals surface area (Å²) in [5.74, 6) is -1.05. The molecule has 1 N–H and O–H groups in total. The zero-order chi connectivity index (χ0) is 19.0. The van der Waals surface area contributed by atoms with E-state index in [1.807, 2.05) is 24.3 Å². The molecular weight excluding hydrogens is 344 g/mol. The number of carbonyl (C=O) groups is 1. The number of hydrogen-bond donors (Lipinski definition) is 1. The lowest BCUT2D eigenvalue weighted by atomic mass is 9.87. The Morgan fingerprint density at radius 1 is 1.19 bits per heavy atom. The van der Waals surface area contributed by atoms with Gasteiger partial charge < -0.3 is 14.4 Å². The van der Waals surface area contributed by atoms with Gasteiger partial charge in [-0.2, -0.15) is 0 Å². The molecule has 1 saturated heterocycles. The lowest BCUT2D eigenvalue weighted by Gasteiger charge is -2.38. The van der Waals surface area contributed by atoms with E-state index in [2.05, 4.69) is 17.0 Å². The first-order valence-electron chi connectivity index (χ1n) is 9.34. The number of methoxy groups -OCH3 is 1. The van der Waals surface area contributed by atoms with Gasteiger partial charge in [-0.15, -0.1) is 0 Å². The van der Waals surface area contributed by atoms with Gasteiger partial charge in [-0.05, 0) is 18.1 Å². The summed E-state index contributed by atoms with van der Waals surface area (Å²) in [4.78, 5) is 27.3. The number of aliphatic hydroxyl groups is 1. The number of hydrogen-bond acceptors (Lipinski definition) is 5. The quantitative estimate of drug-likeness (QED) is 0.804. The van der Waals surface area contributed by atoms with Crippen molar-refractivity contribution in [3.05, 3.63) is 70.1 Å². The van der Waals surface area contributed by atoms with Crippen LogP contribution in [0.1, 0.15) is 17.3 Å². The fourth-order valence-electron chi connectivity index (χ4n) is 4.79. The Morgan fingerprint density at radius 2 is 1.96 bits per heavy atom. The summed E-state index contributed by atoms with van der Waals surface area (Å²) >= 11 is 0. The van der Waals surface area contributed by atoms with Crippen LogP contribution < -0.4 is 5.56 Å². The highest BCUT2D eigenvalue weighted by Crippen LogP contribution is 2.48. The predicted molar refractivity (Wildman–Crippen MR) is 100 cm³/mol. The minimum Gasteiger partial charge on any atom is -0.469 e. The summed E-state index contributed by atoms with van der Waals surface area (Å²) in [5.41, 5.74) is 1.99.